The molecule has 3 aromatic carbocycles. The second-order valence-electron chi connectivity index (χ2n) is 14.6. The van der Waals surface area contributed by atoms with Gasteiger partial charge in [-0.15, -0.1) is 0 Å². The van der Waals surface area contributed by atoms with Crippen LogP contribution in [0, 0.1) is 34.5 Å². The van der Waals surface area contributed by atoms with E-state index in [1.807, 2.05) is 38.1 Å². The molecule has 1 aliphatic rings. The Labute approximate surface area is 304 Å². The van der Waals surface area contributed by atoms with Crippen LogP contribution in [0.5, 0.6) is 5.75 Å². The minimum atomic E-state index is -4.08. The lowest BCUT2D eigenvalue weighted by Crippen LogP contribution is -2.47. The zero-order chi connectivity index (χ0) is 38.8. The molecule has 0 aromatic heterocycles. The maximum Gasteiger partial charge on any atom is 0.320 e. The second kappa shape index (κ2) is 14.8. The molecule has 0 aliphatic carbocycles. The van der Waals surface area contributed by atoms with Crippen molar-refractivity contribution in [2.24, 2.45) is 34.0 Å². The van der Waals surface area contributed by atoms with E-state index in [0.717, 1.165) is 28.7 Å². The summed E-state index contributed by atoms with van der Waals surface area (Å²) in [6.07, 6.45) is 0.846. The van der Waals surface area contributed by atoms with Crippen LogP contribution in [0.2, 0.25) is 0 Å². The normalized spacial score (nSPS) is 19.2. The van der Waals surface area contributed by atoms with Crippen molar-refractivity contribution in [1.29, 1.82) is 5.26 Å². The number of nitrogens with zero attached hydrogens (tertiary/aromatic N) is 2. The first kappa shape index (κ1) is 39.5. The highest BCUT2D eigenvalue weighted by Crippen LogP contribution is 2.47. The van der Waals surface area contributed by atoms with E-state index in [0.29, 0.717) is 24.1 Å². The number of phenolic OH excluding ortho intramolecular Hbond substituents is 1. The highest BCUT2D eigenvalue weighted by Gasteiger charge is 2.57. The van der Waals surface area contributed by atoms with Gasteiger partial charge < -0.3 is 21.5 Å². The number of aromatic hydroxyl groups is 1. The van der Waals surface area contributed by atoms with Gasteiger partial charge in [0.2, 0.25) is 27.7 Å². The van der Waals surface area contributed by atoms with E-state index in [-0.39, 0.29) is 22.8 Å². The number of nitriles is 1. The molecule has 5 unspecified atom stereocenters. The van der Waals surface area contributed by atoms with Crippen LogP contribution in [-0.2, 0) is 35.4 Å². The molecule has 1 fully saturated rings. The molecule has 52 heavy (non-hydrogen) atoms. The van der Waals surface area contributed by atoms with Crippen molar-refractivity contribution in [2.45, 2.75) is 76.7 Å². The first-order valence-corrected chi connectivity index (χ1v) is 18.4. The summed E-state index contributed by atoms with van der Waals surface area (Å²) in [6, 6.07) is 20.9. The van der Waals surface area contributed by atoms with Crippen molar-refractivity contribution < 1.29 is 32.7 Å². The average molecular weight is 731 g/mol. The van der Waals surface area contributed by atoms with Gasteiger partial charge >= 0.3 is 6.03 Å². The van der Waals surface area contributed by atoms with E-state index in [2.05, 4.69) is 16.7 Å². The number of anilines is 2. The third kappa shape index (κ3) is 7.95. The number of phenols is 1. The summed E-state index contributed by atoms with van der Waals surface area (Å²) >= 11 is 0. The lowest BCUT2D eigenvalue weighted by atomic mass is 9.64. The van der Waals surface area contributed by atoms with Crippen LogP contribution in [-0.4, -0.2) is 37.3 Å². The largest absolute Gasteiger partial charge is 0.506 e. The topological polar surface area (TPSA) is 226 Å². The van der Waals surface area contributed by atoms with Crippen molar-refractivity contribution in [3.8, 4) is 11.8 Å². The first-order valence-electron chi connectivity index (χ1n) is 16.9. The molecule has 7 N–H and O–H groups in total. The number of imide groups is 1. The fraction of sp³-hybridized carbons (Fsp3) is 0.395. The Kier molecular flexibility index (Phi) is 11.2. The predicted molar refractivity (Wildman–Crippen MR) is 196 cm³/mol. The van der Waals surface area contributed by atoms with E-state index in [1.165, 1.54) is 0 Å². The molecule has 4 rings (SSSR count). The van der Waals surface area contributed by atoms with Crippen LogP contribution in [0.25, 0.3) is 0 Å². The number of benzene rings is 3. The minimum Gasteiger partial charge on any atom is -0.506 e. The van der Waals surface area contributed by atoms with Crippen molar-refractivity contribution >= 4 is 45.2 Å². The SMILES string of the molecule is CCC(C)(CC(C#N)CC(C)(C(N)=O)C1C(=O)N(c2ccccc2)C(=O)C1C)c1cccc(C(C)(C)NC(=O)Nc2cc(S(N)(=O)=O)ccc2O)c1. The number of carbonyl (C=O) groups excluding carboxylic acids is 4. The summed E-state index contributed by atoms with van der Waals surface area (Å²) in [7, 11) is -4.08. The zero-order valence-corrected chi connectivity index (χ0v) is 31.0. The third-order valence-corrected chi connectivity index (χ3v) is 11.4. The number of rotatable bonds is 13. The number of hydrogen-bond acceptors (Lipinski definition) is 8. The van der Waals surface area contributed by atoms with E-state index in [1.54, 1.807) is 58.0 Å². The molecule has 5 atom stereocenters. The highest BCUT2D eigenvalue weighted by atomic mass is 32.2. The van der Waals surface area contributed by atoms with E-state index in [9.17, 15) is 38.0 Å². The lowest BCUT2D eigenvalue weighted by molar-refractivity contribution is -0.139. The summed E-state index contributed by atoms with van der Waals surface area (Å²) < 4.78 is 23.6. The number of amides is 5. The van der Waals surface area contributed by atoms with Crippen LogP contribution < -0.4 is 26.4 Å². The smallest absolute Gasteiger partial charge is 0.320 e. The molecule has 0 spiro atoms. The molecule has 0 radical (unpaired) electrons. The number of sulfonamides is 1. The second-order valence-corrected chi connectivity index (χ2v) is 16.1. The van der Waals surface area contributed by atoms with Gasteiger partial charge in [-0.2, -0.15) is 5.26 Å². The zero-order valence-electron chi connectivity index (χ0n) is 30.1. The summed E-state index contributed by atoms with van der Waals surface area (Å²) in [4.78, 5) is 54.3. The Bertz CT molecular complexity index is 2030. The molecule has 5 amide bonds. The summed E-state index contributed by atoms with van der Waals surface area (Å²) in [6.45, 7) is 10.7. The standard InChI is InChI=1S/C38H46N6O7S/c1-7-37(5,20-24(22-39)21-38(6,34(40)48)31-23(2)32(46)44(33(31)47)27-14-9-8-10-15-27)26-13-11-12-25(18-26)36(3,4)43-35(49)42-29-19-28(52(41,50)51)16-17-30(29)45/h8-19,23-24,31,45H,7,20-21H2,1-6H3,(H2,40,48)(H2,41,50,51)(H2,42,43,49). The molecule has 3 aromatic rings. The number of carbonyl (C=O) groups is 4. The summed E-state index contributed by atoms with van der Waals surface area (Å²) in [5, 5.41) is 31.2. The fourth-order valence-corrected chi connectivity index (χ4v) is 7.65. The summed E-state index contributed by atoms with van der Waals surface area (Å²) in [5.74, 6) is -4.72. The van der Waals surface area contributed by atoms with Crippen molar-refractivity contribution in [1.82, 2.24) is 5.32 Å². The van der Waals surface area contributed by atoms with Gasteiger partial charge in [0.1, 0.15) is 5.75 Å². The highest BCUT2D eigenvalue weighted by molar-refractivity contribution is 7.89. The number of nitrogens with one attached hydrogen (secondary N) is 2. The number of primary amides is 1. The summed E-state index contributed by atoms with van der Waals surface area (Å²) in [5.41, 5.74) is 4.72. The quantitative estimate of drug-likeness (QED) is 0.118. The van der Waals surface area contributed by atoms with Crippen LogP contribution in [0.1, 0.15) is 71.9 Å². The average Bonchev–Trinajstić information content (AvgIpc) is 3.31. The van der Waals surface area contributed by atoms with Crippen LogP contribution >= 0.6 is 0 Å². The van der Waals surface area contributed by atoms with Gasteiger partial charge in [-0.1, -0.05) is 63.2 Å². The third-order valence-electron chi connectivity index (χ3n) is 10.4. The van der Waals surface area contributed by atoms with Crippen LogP contribution in [0.15, 0.2) is 77.7 Å². The first-order chi connectivity index (χ1) is 24.2. The van der Waals surface area contributed by atoms with Crippen molar-refractivity contribution in [2.75, 3.05) is 10.2 Å². The molecule has 0 saturated carbocycles. The fourth-order valence-electron chi connectivity index (χ4n) is 7.12. The van der Waals surface area contributed by atoms with Gasteiger partial charge in [0, 0.05) is 11.8 Å². The Morgan fingerprint density at radius 1 is 0.962 bits per heavy atom. The number of nitrogens with two attached hydrogens (primary N) is 2. The number of hydrogen-bond donors (Lipinski definition) is 5. The Morgan fingerprint density at radius 2 is 1.60 bits per heavy atom. The van der Waals surface area contributed by atoms with Crippen molar-refractivity contribution in [3.05, 3.63) is 83.9 Å². The van der Waals surface area contributed by atoms with E-state index in [4.69, 9.17) is 10.9 Å². The maximum absolute atomic E-state index is 13.8. The van der Waals surface area contributed by atoms with Gasteiger partial charge in [0.25, 0.3) is 0 Å². The molecule has 1 aliphatic heterocycles. The van der Waals surface area contributed by atoms with Gasteiger partial charge in [-0.05, 0) is 86.9 Å². The molecular weight excluding hydrogens is 685 g/mol. The van der Waals surface area contributed by atoms with Crippen LogP contribution in [0.3, 0.4) is 0 Å². The molecular formula is C38H46N6O7S. The molecule has 13 nitrogen and oxygen atoms in total. The lowest BCUT2D eigenvalue weighted by Gasteiger charge is -2.37. The van der Waals surface area contributed by atoms with Gasteiger partial charge in [-0.3, -0.25) is 19.3 Å². The number of primary sulfonamides is 1. The van der Waals surface area contributed by atoms with Gasteiger partial charge in [0.15, 0.2) is 0 Å². The molecule has 14 heteroatoms. The predicted octanol–water partition coefficient (Wildman–Crippen LogP) is 5.00. The van der Waals surface area contributed by atoms with Gasteiger partial charge in [-0.25, -0.2) is 18.4 Å². The number of para-hydroxylation sites is 1. The van der Waals surface area contributed by atoms with E-state index >= 15 is 0 Å². The van der Waals surface area contributed by atoms with E-state index < -0.39 is 67.9 Å². The Balaban J connectivity index is 1.57. The monoisotopic (exact) mass is 730 g/mol. The molecule has 0 bridgehead atoms. The Hall–Kier alpha value is -5.26. The maximum atomic E-state index is 13.8. The number of urea groups is 1. The van der Waals surface area contributed by atoms with Gasteiger partial charge in [0.05, 0.1) is 39.2 Å². The van der Waals surface area contributed by atoms with Crippen LogP contribution in [0.4, 0.5) is 16.2 Å². The molecule has 1 heterocycles. The molecule has 1 saturated heterocycles. The Morgan fingerprint density at radius 3 is 2.17 bits per heavy atom. The minimum absolute atomic E-state index is 0.0442. The molecule has 276 valence electrons. The van der Waals surface area contributed by atoms with Crippen molar-refractivity contribution in [3.63, 3.8) is 0 Å².